The Labute approximate surface area is 129 Å². The minimum absolute atomic E-state index is 0.0580. The number of carboxylic acid groups (broad SMARTS) is 1. The number of nitrogens with zero attached hydrogens (tertiary/aromatic N) is 1. The molecule has 1 unspecified atom stereocenters. The average Bonchev–Trinajstić information content (AvgIpc) is 3.33. The molecule has 1 aromatic carbocycles. The Hall–Kier alpha value is -2.05. The summed E-state index contributed by atoms with van der Waals surface area (Å²) in [6, 6.07) is 4.19. The normalized spacial score (nSPS) is 29.3. The highest BCUT2D eigenvalue weighted by Gasteiger charge is 2.74. The Morgan fingerprint density at radius 2 is 1.91 bits per heavy atom. The van der Waals surface area contributed by atoms with Crippen LogP contribution in [0.15, 0.2) is 18.2 Å². The Morgan fingerprint density at radius 1 is 1.26 bits per heavy atom. The topological polar surface area (TPSA) is 57.6 Å². The molecule has 0 bridgehead atoms. The Kier molecular flexibility index (Phi) is 2.57. The molecular weight excluding hydrogens is 311 g/mol. The number of carbonyl (C=O) groups is 2. The standard InChI is InChI=1S/C16H14F3NO3/c17-15(3-4-15)9-1-2-10-11(5-9)14(7-16(14,18)19)8-20(13(10)23)6-12(21)22/h1-2,5H,3-4,6-8H2,(H,21,22). The van der Waals surface area contributed by atoms with Crippen molar-refractivity contribution in [3.63, 3.8) is 0 Å². The molecule has 0 radical (unpaired) electrons. The lowest BCUT2D eigenvalue weighted by Gasteiger charge is -2.34. The summed E-state index contributed by atoms with van der Waals surface area (Å²) in [7, 11) is 0. The Balaban J connectivity index is 1.82. The summed E-state index contributed by atoms with van der Waals surface area (Å²) >= 11 is 0. The van der Waals surface area contributed by atoms with Crippen molar-refractivity contribution in [2.24, 2.45) is 0 Å². The number of hydrogen-bond acceptors (Lipinski definition) is 2. The third kappa shape index (κ3) is 1.91. The number of carboxylic acids is 1. The lowest BCUT2D eigenvalue weighted by molar-refractivity contribution is -0.138. The molecule has 1 aliphatic heterocycles. The van der Waals surface area contributed by atoms with Gasteiger partial charge in [0, 0.05) is 18.5 Å². The van der Waals surface area contributed by atoms with E-state index in [2.05, 4.69) is 0 Å². The van der Waals surface area contributed by atoms with Gasteiger partial charge in [-0.25, -0.2) is 13.2 Å². The predicted molar refractivity (Wildman–Crippen MR) is 73.2 cm³/mol. The van der Waals surface area contributed by atoms with Gasteiger partial charge in [-0.1, -0.05) is 12.1 Å². The molecule has 122 valence electrons. The van der Waals surface area contributed by atoms with Crippen LogP contribution in [0.2, 0.25) is 0 Å². The first-order valence-electron chi connectivity index (χ1n) is 7.41. The number of hydrogen-bond donors (Lipinski definition) is 1. The first-order chi connectivity index (χ1) is 10.7. The number of halogens is 3. The quantitative estimate of drug-likeness (QED) is 0.929. The molecule has 23 heavy (non-hydrogen) atoms. The van der Waals surface area contributed by atoms with Crippen molar-refractivity contribution in [3.8, 4) is 0 Å². The average molecular weight is 325 g/mol. The molecule has 1 aromatic rings. The van der Waals surface area contributed by atoms with Gasteiger partial charge in [-0.15, -0.1) is 0 Å². The van der Waals surface area contributed by atoms with Gasteiger partial charge in [-0.05, 0) is 30.0 Å². The van der Waals surface area contributed by atoms with Crippen LogP contribution >= 0.6 is 0 Å². The Morgan fingerprint density at radius 3 is 2.43 bits per heavy atom. The minimum atomic E-state index is -3.01. The maximum absolute atomic E-state index is 14.3. The van der Waals surface area contributed by atoms with Crippen LogP contribution in [0.25, 0.3) is 0 Å². The Bertz CT molecular complexity index is 744. The summed E-state index contributed by atoms with van der Waals surface area (Å²) < 4.78 is 42.4. The summed E-state index contributed by atoms with van der Waals surface area (Å²) in [6.45, 7) is -0.966. The monoisotopic (exact) mass is 325 g/mol. The summed E-state index contributed by atoms with van der Waals surface area (Å²) in [4.78, 5) is 24.2. The molecule has 2 aliphatic carbocycles. The molecule has 1 atom stereocenters. The van der Waals surface area contributed by atoms with Gasteiger partial charge in [0.2, 0.25) is 0 Å². The zero-order chi connectivity index (χ0) is 16.6. The first-order valence-corrected chi connectivity index (χ1v) is 7.41. The molecule has 1 N–H and O–H groups in total. The largest absolute Gasteiger partial charge is 0.480 e. The van der Waals surface area contributed by atoms with E-state index >= 15 is 0 Å². The van der Waals surface area contributed by atoms with E-state index in [0.717, 1.165) is 4.90 Å². The number of fused-ring (bicyclic) bond motifs is 2. The highest BCUT2D eigenvalue weighted by Crippen LogP contribution is 2.64. The van der Waals surface area contributed by atoms with Crippen LogP contribution in [0.4, 0.5) is 13.2 Å². The lowest BCUT2D eigenvalue weighted by atomic mass is 9.84. The number of carbonyl (C=O) groups excluding carboxylic acids is 1. The SMILES string of the molecule is O=C(O)CN1CC2(CC2(F)F)c2cc(C3(F)CC3)ccc2C1=O. The second-order valence-electron chi connectivity index (χ2n) is 6.74. The highest BCUT2D eigenvalue weighted by atomic mass is 19.3. The third-order valence-electron chi connectivity index (χ3n) is 5.14. The molecule has 3 aliphatic rings. The summed E-state index contributed by atoms with van der Waals surface area (Å²) in [5, 5.41) is 8.88. The van der Waals surface area contributed by atoms with Crippen LogP contribution in [0.3, 0.4) is 0 Å². The fourth-order valence-corrected chi connectivity index (χ4v) is 3.55. The van der Waals surface area contributed by atoms with Gasteiger partial charge in [0.25, 0.3) is 11.8 Å². The van der Waals surface area contributed by atoms with Gasteiger partial charge < -0.3 is 10.0 Å². The second-order valence-corrected chi connectivity index (χ2v) is 6.74. The van der Waals surface area contributed by atoms with E-state index in [1.54, 1.807) is 0 Å². The van der Waals surface area contributed by atoms with Crippen LogP contribution in [-0.4, -0.2) is 40.9 Å². The molecule has 4 rings (SSSR count). The van der Waals surface area contributed by atoms with Gasteiger partial charge in [-0.2, -0.15) is 0 Å². The van der Waals surface area contributed by atoms with Crippen molar-refractivity contribution in [1.29, 1.82) is 0 Å². The fourth-order valence-electron chi connectivity index (χ4n) is 3.55. The number of benzene rings is 1. The second kappa shape index (κ2) is 4.07. The van der Waals surface area contributed by atoms with Crippen LogP contribution in [0.1, 0.15) is 40.7 Å². The molecular formula is C16H14F3NO3. The van der Waals surface area contributed by atoms with Crippen molar-refractivity contribution in [3.05, 3.63) is 34.9 Å². The van der Waals surface area contributed by atoms with Gasteiger partial charge in [0.05, 0.1) is 5.41 Å². The molecule has 2 saturated carbocycles. The third-order valence-corrected chi connectivity index (χ3v) is 5.14. The van der Waals surface area contributed by atoms with Crippen molar-refractivity contribution in [2.45, 2.75) is 36.3 Å². The summed E-state index contributed by atoms with van der Waals surface area (Å²) in [5.74, 6) is -4.85. The smallest absolute Gasteiger partial charge is 0.323 e. The number of amides is 1. The van der Waals surface area contributed by atoms with E-state index in [4.69, 9.17) is 5.11 Å². The molecule has 1 spiro atoms. The van der Waals surface area contributed by atoms with Crippen LogP contribution in [0, 0.1) is 0 Å². The highest BCUT2D eigenvalue weighted by molar-refractivity contribution is 5.99. The first kappa shape index (κ1) is 14.5. The lowest BCUT2D eigenvalue weighted by Crippen LogP contribution is -2.47. The van der Waals surface area contributed by atoms with Crippen molar-refractivity contribution >= 4 is 11.9 Å². The van der Waals surface area contributed by atoms with E-state index in [1.807, 2.05) is 0 Å². The summed E-state index contributed by atoms with van der Waals surface area (Å²) in [6.07, 6.45) is 0.266. The van der Waals surface area contributed by atoms with Crippen LogP contribution in [-0.2, 0) is 15.9 Å². The van der Waals surface area contributed by atoms with Crippen LogP contribution in [0.5, 0.6) is 0 Å². The molecule has 4 nitrogen and oxygen atoms in total. The number of alkyl halides is 3. The predicted octanol–water partition coefficient (Wildman–Crippen LogP) is 2.46. The van der Waals surface area contributed by atoms with Crippen molar-refractivity contribution in [1.82, 2.24) is 4.90 Å². The van der Waals surface area contributed by atoms with Crippen molar-refractivity contribution < 1.29 is 27.9 Å². The molecule has 1 amide bonds. The number of aliphatic carboxylic acids is 1. The molecule has 2 fully saturated rings. The maximum Gasteiger partial charge on any atom is 0.323 e. The van der Waals surface area contributed by atoms with E-state index < -0.39 is 41.8 Å². The summed E-state index contributed by atoms with van der Waals surface area (Å²) in [5.41, 5.74) is -2.50. The maximum atomic E-state index is 14.3. The van der Waals surface area contributed by atoms with Crippen LogP contribution < -0.4 is 0 Å². The van der Waals surface area contributed by atoms with Gasteiger partial charge in [0.1, 0.15) is 12.2 Å². The van der Waals surface area contributed by atoms with Gasteiger partial charge >= 0.3 is 5.97 Å². The zero-order valence-corrected chi connectivity index (χ0v) is 12.1. The zero-order valence-electron chi connectivity index (χ0n) is 12.1. The van der Waals surface area contributed by atoms with Gasteiger partial charge in [0.15, 0.2) is 0 Å². The minimum Gasteiger partial charge on any atom is -0.480 e. The molecule has 0 aromatic heterocycles. The number of rotatable bonds is 3. The van der Waals surface area contributed by atoms with Gasteiger partial charge in [-0.3, -0.25) is 9.59 Å². The van der Waals surface area contributed by atoms with E-state index in [0.29, 0.717) is 18.4 Å². The fraction of sp³-hybridized carbons (Fsp3) is 0.500. The molecule has 1 heterocycles. The molecule has 0 saturated heterocycles. The molecule has 7 heteroatoms. The van der Waals surface area contributed by atoms with Crippen molar-refractivity contribution in [2.75, 3.05) is 13.1 Å². The van der Waals surface area contributed by atoms with E-state index in [1.165, 1.54) is 18.2 Å². The van der Waals surface area contributed by atoms with E-state index in [9.17, 15) is 22.8 Å². The van der Waals surface area contributed by atoms with E-state index in [-0.39, 0.29) is 17.7 Å².